The van der Waals surface area contributed by atoms with Crippen LogP contribution in [0.15, 0.2) is 47.6 Å². The summed E-state index contributed by atoms with van der Waals surface area (Å²) in [6.07, 6.45) is 1.45. The molecule has 8 nitrogen and oxygen atoms in total. The number of ether oxygens (including phenoxy) is 2. The zero-order valence-corrected chi connectivity index (χ0v) is 19.9. The Bertz CT molecular complexity index is 1240. The minimum absolute atomic E-state index is 0.323. The van der Waals surface area contributed by atoms with Crippen molar-refractivity contribution in [3.05, 3.63) is 69.5 Å². The highest BCUT2D eigenvalue weighted by Crippen LogP contribution is 2.29. The first-order valence-electron chi connectivity index (χ1n) is 9.76. The summed E-state index contributed by atoms with van der Waals surface area (Å²) in [5.41, 5.74) is 5.75. The lowest BCUT2D eigenvalue weighted by molar-refractivity contribution is -0.136. The van der Waals surface area contributed by atoms with Crippen molar-refractivity contribution in [1.82, 2.24) is 9.99 Å². The number of nitrogens with zero attached hydrogens (tertiary/aromatic N) is 2. The van der Waals surface area contributed by atoms with Crippen LogP contribution in [0.4, 0.5) is 5.69 Å². The van der Waals surface area contributed by atoms with E-state index in [9.17, 15) is 9.59 Å². The number of anilines is 1. The number of hydrogen-bond acceptors (Lipinski definition) is 5. The maximum atomic E-state index is 12.2. The van der Waals surface area contributed by atoms with Crippen LogP contribution in [0, 0.1) is 13.8 Å². The largest absolute Gasteiger partial charge is 0.497 e. The lowest BCUT2D eigenvalue weighted by Gasteiger charge is -2.12. The number of rotatable bonds is 6. The average molecular weight is 489 g/mol. The Kier molecular flexibility index (Phi) is 7.63. The van der Waals surface area contributed by atoms with Gasteiger partial charge in [-0.15, -0.1) is 0 Å². The van der Waals surface area contributed by atoms with Crippen molar-refractivity contribution in [2.24, 2.45) is 5.10 Å². The fraction of sp³-hybridized carbons (Fsp3) is 0.174. The maximum Gasteiger partial charge on any atom is 0.329 e. The highest BCUT2D eigenvalue weighted by Gasteiger charge is 2.16. The lowest BCUT2D eigenvalue weighted by atomic mass is 10.2. The zero-order valence-electron chi connectivity index (χ0n) is 18.4. The monoisotopic (exact) mass is 488 g/mol. The molecule has 0 aliphatic carbocycles. The third-order valence-corrected chi connectivity index (χ3v) is 5.41. The summed E-state index contributed by atoms with van der Waals surface area (Å²) >= 11 is 12.5. The molecular weight excluding hydrogens is 467 g/mol. The third-order valence-electron chi connectivity index (χ3n) is 4.85. The first-order valence-corrected chi connectivity index (χ1v) is 10.5. The van der Waals surface area contributed by atoms with E-state index < -0.39 is 11.8 Å². The molecule has 33 heavy (non-hydrogen) atoms. The van der Waals surface area contributed by atoms with Crippen molar-refractivity contribution in [1.29, 1.82) is 0 Å². The van der Waals surface area contributed by atoms with E-state index in [-0.39, 0.29) is 0 Å². The minimum Gasteiger partial charge on any atom is -0.497 e. The highest BCUT2D eigenvalue weighted by atomic mass is 35.5. The molecule has 2 amide bonds. The van der Waals surface area contributed by atoms with Crippen LogP contribution in [0.5, 0.6) is 11.5 Å². The minimum atomic E-state index is -0.934. The van der Waals surface area contributed by atoms with Gasteiger partial charge in [0, 0.05) is 28.0 Å². The Labute approximate surface area is 201 Å². The maximum absolute atomic E-state index is 12.2. The molecule has 10 heteroatoms. The SMILES string of the molecule is COc1ccc(NC(=O)C(=O)N/N=C\c2cc(C)n(-c3cc(Cl)ccc3Cl)c2C)c(OC)c1. The summed E-state index contributed by atoms with van der Waals surface area (Å²) in [4.78, 5) is 24.4. The van der Waals surface area contributed by atoms with Gasteiger partial charge in [0.2, 0.25) is 0 Å². The van der Waals surface area contributed by atoms with Gasteiger partial charge in [0.15, 0.2) is 0 Å². The molecule has 0 bridgehead atoms. The Hall–Kier alpha value is -3.49. The van der Waals surface area contributed by atoms with Gasteiger partial charge in [-0.1, -0.05) is 23.2 Å². The van der Waals surface area contributed by atoms with E-state index in [1.165, 1.54) is 20.4 Å². The van der Waals surface area contributed by atoms with Gasteiger partial charge in [-0.3, -0.25) is 9.59 Å². The van der Waals surface area contributed by atoms with Gasteiger partial charge in [0.1, 0.15) is 11.5 Å². The molecule has 172 valence electrons. The van der Waals surface area contributed by atoms with Gasteiger partial charge >= 0.3 is 11.8 Å². The molecule has 1 heterocycles. The van der Waals surface area contributed by atoms with Crippen LogP contribution < -0.4 is 20.2 Å². The van der Waals surface area contributed by atoms with E-state index in [0.717, 1.165) is 22.6 Å². The number of carbonyl (C=O) groups is 2. The quantitative estimate of drug-likeness (QED) is 0.303. The highest BCUT2D eigenvalue weighted by molar-refractivity contribution is 6.39. The van der Waals surface area contributed by atoms with Crippen molar-refractivity contribution < 1.29 is 19.1 Å². The van der Waals surface area contributed by atoms with Crippen molar-refractivity contribution in [3.63, 3.8) is 0 Å². The van der Waals surface area contributed by atoms with Gasteiger partial charge in [-0.05, 0) is 50.2 Å². The number of amides is 2. The van der Waals surface area contributed by atoms with Gasteiger partial charge in [-0.25, -0.2) is 5.43 Å². The molecule has 0 fully saturated rings. The molecule has 0 radical (unpaired) electrons. The summed E-state index contributed by atoms with van der Waals surface area (Å²) in [6.45, 7) is 3.80. The number of hydrogen-bond donors (Lipinski definition) is 2. The average Bonchev–Trinajstić information content (AvgIpc) is 3.08. The first-order chi connectivity index (χ1) is 15.7. The van der Waals surface area contributed by atoms with Crippen LogP contribution in [-0.2, 0) is 9.59 Å². The van der Waals surface area contributed by atoms with Crippen LogP contribution in [0.1, 0.15) is 17.0 Å². The van der Waals surface area contributed by atoms with Crippen molar-refractivity contribution >= 4 is 46.9 Å². The summed E-state index contributed by atoms with van der Waals surface area (Å²) in [7, 11) is 2.96. The molecule has 0 aliphatic heterocycles. The van der Waals surface area contributed by atoms with E-state index in [1.807, 2.05) is 24.5 Å². The molecule has 0 atom stereocenters. The van der Waals surface area contributed by atoms with Crippen molar-refractivity contribution in [3.8, 4) is 17.2 Å². The summed E-state index contributed by atoms with van der Waals surface area (Å²) in [6, 6.07) is 11.9. The molecule has 3 aromatic rings. The topological polar surface area (TPSA) is 94.0 Å². The second-order valence-corrected chi connectivity index (χ2v) is 7.82. The number of halogens is 2. The standard InChI is InChI=1S/C23H22Cl2N4O4/c1-13-9-15(14(2)29(13)20-10-16(24)5-7-18(20)25)12-26-28-23(31)22(30)27-19-8-6-17(32-3)11-21(19)33-4/h5-12H,1-4H3,(H,27,30)(H,28,31)/b26-12-. The number of methoxy groups -OCH3 is 2. The molecule has 0 saturated heterocycles. The Morgan fingerprint density at radius 3 is 2.45 bits per heavy atom. The number of nitrogens with one attached hydrogen (secondary N) is 2. The van der Waals surface area contributed by atoms with E-state index >= 15 is 0 Å². The van der Waals surface area contributed by atoms with Crippen LogP contribution in [0.25, 0.3) is 5.69 Å². The number of aryl methyl sites for hydroxylation is 1. The second-order valence-electron chi connectivity index (χ2n) is 6.98. The van der Waals surface area contributed by atoms with Gasteiger partial charge in [-0.2, -0.15) is 5.10 Å². The predicted octanol–water partition coefficient (Wildman–Crippen LogP) is 4.51. The normalized spacial score (nSPS) is 10.8. The number of hydrazone groups is 1. The van der Waals surface area contributed by atoms with E-state index in [1.54, 1.807) is 36.4 Å². The molecule has 1 aromatic heterocycles. The predicted molar refractivity (Wildman–Crippen MR) is 129 cm³/mol. The van der Waals surface area contributed by atoms with E-state index in [4.69, 9.17) is 32.7 Å². The lowest BCUT2D eigenvalue weighted by Crippen LogP contribution is -2.32. The van der Waals surface area contributed by atoms with Crippen LogP contribution in [0.3, 0.4) is 0 Å². The van der Waals surface area contributed by atoms with Crippen molar-refractivity contribution in [2.75, 3.05) is 19.5 Å². The van der Waals surface area contributed by atoms with Gasteiger partial charge < -0.3 is 19.4 Å². The molecule has 0 saturated carbocycles. The van der Waals surface area contributed by atoms with Crippen LogP contribution in [-0.4, -0.2) is 36.8 Å². The first kappa shape index (κ1) is 24.2. The molecule has 0 spiro atoms. The fourth-order valence-corrected chi connectivity index (χ4v) is 3.61. The molecule has 2 aromatic carbocycles. The molecule has 0 unspecified atom stereocenters. The molecule has 3 rings (SSSR count). The Morgan fingerprint density at radius 1 is 1.00 bits per heavy atom. The summed E-state index contributed by atoms with van der Waals surface area (Å²) in [5, 5.41) is 7.50. The smallest absolute Gasteiger partial charge is 0.329 e. The van der Waals surface area contributed by atoms with Gasteiger partial charge in [0.25, 0.3) is 0 Å². The van der Waals surface area contributed by atoms with E-state index in [2.05, 4.69) is 15.8 Å². The zero-order chi connectivity index (χ0) is 24.1. The molecule has 0 aliphatic rings. The Balaban J connectivity index is 1.71. The van der Waals surface area contributed by atoms with E-state index in [0.29, 0.717) is 27.2 Å². The van der Waals surface area contributed by atoms with Gasteiger partial charge in [0.05, 0.1) is 36.8 Å². The third kappa shape index (κ3) is 5.47. The van der Waals surface area contributed by atoms with Crippen LogP contribution >= 0.6 is 23.2 Å². The molecule has 2 N–H and O–H groups in total. The number of carbonyl (C=O) groups excluding carboxylic acids is 2. The number of benzene rings is 2. The van der Waals surface area contributed by atoms with Crippen molar-refractivity contribution in [2.45, 2.75) is 13.8 Å². The Morgan fingerprint density at radius 2 is 1.76 bits per heavy atom. The number of aromatic nitrogens is 1. The summed E-state index contributed by atoms with van der Waals surface area (Å²) in [5.74, 6) is -0.927. The fourth-order valence-electron chi connectivity index (χ4n) is 3.24. The second kappa shape index (κ2) is 10.4. The summed E-state index contributed by atoms with van der Waals surface area (Å²) < 4.78 is 12.3. The molecular formula is C23H22Cl2N4O4. The van der Waals surface area contributed by atoms with Crippen LogP contribution in [0.2, 0.25) is 10.0 Å².